The Bertz CT molecular complexity index is 941. The minimum atomic E-state index is 0.0606. The van der Waals surface area contributed by atoms with Crippen LogP contribution in [0.25, 0.3) is 0 Å². The van der Waals surface area contributed by atoms with Crippen LogP contribution in [-0.2, 0) is 21.4 Å². The third-order valence-electron chi connectivity index (χ3n) is 8.27. The predicted octanol–water partition coefficient (Wildman–Crippen LogP) is 4.47. The Balaban J connectivity index is 1.28. The summed E-state index contributed by atoms with van der Waals surface area (Å²) in [5.41, 5.74) is 3.85. The number of hydrogen-bond donors (Lipinski definition) is 1. The average molecular weight is 466 g/mol. The number of rotatable bonds is 9. The van der Waals surface area contributed by atoms with Gasteiger partial charge in [-0.05, 0) is 62.4 Å². The maximum atomic E-state index is 6.41. The molecule has 6 nitrogen and oxygen atoms in total. The van der Waals surface area contributed by atoms with E-state index in [-0.39, 0.29) is 11.0 Å². The van der Waals surface area contributed by atoms with Crippen LogP contribution < -0.4 is 15.0 Å². The van der Waals surface area contributed by atoms with Crippen molar-refractivity contribution in [2.75, 3.05) is 45.4 Å². The van der Waals surface area contributed by atoms with E-state index >= 15 is 0 Å². The molecule has 6 heteroatoms. The van der Waals surface area contributed by atoms with E-state index in [9.17, 15) is 0 Å². The highest BCUT2D eigenvalue weighted by atomic mass is 16.5. The summed E-state index contributed by atoms with van der Waals surface area (Å²) in [4.78, 5) is 7.20. The van der Waals surface area contributed by atoms with Crippen molar-refractivity contribution in [3.63, 3.8) is 0 Å². The van der Waals surface area contributed by atoms with Gasteiger partial charge in [-0.2, -0.15) is 0 Å². The third kappa shape index (κ3) is 4.68. The van der Waals surface area contributed by atoms with Gasteiger partial charge in [0.25, 0.3) is 0 Å². The number of benzene rings is 1. The Morgan fingerprint density at radius 1 is 1.09 bits per heavy atom. The van der Waals surface area contributed by atoms with Gasteiger partial charge in [-0.15, -0.1) is 0 Å². The minimum Gasteiger partial charge on any atom is -0.495 e. The van der Waals surface area contributed by atoms with Gasteiger partial charge < -0.3 is 24.4 Å². The molecule has 1 aliphatic carbocycles. The van der Waals surface area contributed by atoms with Crippen molar-refractivity contribution in [2.24, 2.45) is 0 Å². The molecule has 3 fully saturated rings. The van der Waals surface area contributed by atoms with E-state index < -0.39 is 0 Å². The fraction of sp³-hybridized carbons (Fsp3) is 0.607. The van der Waals surface area contributed by atoms with Crippen LogP contribution in [0.5, 0.6) is 5.75 Å². The number of pyridine rings is 1. The lowest BCUT2D eigenvalue weighted by molar-refractivity contribution is -0.104. The first-order chi connectivity index (χ1) is 16.7. The minimum absolute atomic E-state index is 0.0606. The molecular formula is C28H39N3O3. The lowest BCUT2D eigenvalue weighted by Gasteiger charge is -2.46. The Labute approximate surface area is 204 Å². The van der Waals surface area contributed by atoms with Gasteiger partial charge in [-0.1, -0.05) is 31.0 Å². The molecule has 3 aliphatic rings. The molecule has 1 spiro atoms. The molecule has 1 saturated carbocycles. The highest BCUT2D eigenvalue weighted by molar-refractivity contribution is 5.65. The van der Waals surface area contributed by atoms with Crippen LogP contribution in [0.15, 0.2) is 42.6 Å². The zero-order valence-electron chi connectivity index (χ0n) is 20.7. The predicted molar refractivity (Wildman–Crippen MR) is 135 cm³/mol. The summed E-state index contributed by atoms with van der Waals surface area (Å²) in [5, 5.41) is 3.76. The zero-order valence-corrected chi connectivity index (χ0v) is 20.7. The normalized spacial score (nSPS) is 24.4. The molecule has 0 amide bonds. The summed E-state index contributed by atoms with van der Waals surface area (Å²) in [6, 6.07) is 12.7. The molecule has 1 aromatic carbocycles. The molecule has 1 unspecified atom stereocenters. The molecule has 34 heavy (non-hydrogen) atoms. The number of hydrogen-bond acceptors (Lipinski definition) is 6. The second-order valence-electron chi connectivity index (χ2n) is 10.3. The Morgan fingerprint density at radius 3 is 2.68 bits per heavy atom. The third-order valence-corrected chi connectivity index (χ3v) is 8.27. The molecule has 0 bridgehead atoms. The van der Waals surface area contributed by atoms with E-state index in [2.05, 4.69) is 40.5 Å². The molecule has 1 aromatic heterocycles. The van der Waals surface area contributed by atoms with Crippen LogP contribution >= 0.6 is 0 Å². The van der Waals surface area contributed by atoms with Gasteiger partial charge in [0, 0.05) is 50.7 Å². The molecule has 2 aliphatic heterocycles. The maximum absolute atomic E-state index is 6.41. The number of ether oxygens (including phenoxy) is 3. The van der Waals surface area contributed by atoms with Crippen LogP contribution in [0.1, 0.15) is 56.2 Å². The van der Waals surface area contributed by atoms with Crippen LogP contribution in [0.2, 0.25) is 0 Å². The van der Waals surface area contributed by atoms with Gasteiger partial charge >= 0.3 is 0 Å². The molecule has 5 rings (SSSR count). The summed E-state index contributed by atoms with van der Waals surface area (Å²) in [7, 11) is 3.54. The SMILES string of the molecule is COc1cccc(CNCCC2(c3ccccn3)CCOC3(CCCC3)C2)c1N1CC(OC)C1. The maximum Gasteiger partial charge on any atom is 0.142 e. The van der Waals surface area contributed by atoms with Crippen molar-refractivity contribution in [3.8, 4) is 5.75 Å². The monoisotopic (exact) mass is 465 g/mol. The molecule has 1 atom stereocenters. The highest BCUT2D eigenvalue weighted by Crippen LogP contribution is 2.49. The van der Waals surface area contributed by atoms with E-state index in [1.165, 1.54) is 42.6 Å². The summed E-state index contributed by atoms with van der Waals surface area (Å²) >= 11 is 0. The van der Waals surface area contributed by atoms with Crippen LogP contribution in [0.3, 0.4) is 0 Å². The molecule has 1 N–H and O–H groups in total. The van der Waals surface area contributed by atoms with Gasteiger partial charge in [-0.3, -0.25) is 4.98 Å². The summed E-state index contributed by atoms with van der Waals surface area (Å²) in [5.74, 6) is 0.936. The van der Waals surface area contributed by atoms with Gasteiger partial charge in [0.2, 0.25) is 0 Å². The summed E-state index contributed by atoms with van der Waals surface area (Å²) in [6.07, 6.45) is 10.4. The lowest BCUT2D eigenvalue weighted by atomic mass is 9.68. The van der Waals surface area contributed by atoms with Crippen molar-refractivity contribution in [3.05, 3.63) is 53.9 Å². The topological polar surface area (TPSA) is 55.8 Å². The van der Waals surface area contributed by atoms with Crippen molar-refractivity contribution >= 4 is 5.69 Å². The first kappa shape index (κ1) is 23.6. The lowest BCUT2D eigenvalue weighted by Crippen LogP contribution is -2.52. The first-order valence-corrected chi connectivity index (χ1v) is 12.9. The fourth-order valence-electron chi connectivity index (χ4n) is 6.35. The molecular weight excluding hydrogens is 426 g/mol. The quantitative estimate of drug-likeness (QED) is 0.552. The Hall–Kier alpha value is -2.15. The van der Waals surface area contributed by atoms with Crippen molar-refractivity contribution in [1.29, 1.82) is 0 Å². The number of aromatic nitrogens is 1. The standard InChI is InChI=1S/C28H39N3O3/c1-32-23-19-31(20-23)26-22(8-7-9-24(26)33-2)18-29-16-13-27(25-10-3-6-15-30-25)14-17-34-28(21-27)11-4-5-12-28/h3,6-10,15,23,29H,4-5,11-14,16-21H2,1-2H3. The Kier molecular flexibility index (Phi) is 7.09. The number of methoxy groups -OCH3 is 2. The van der Waals surface area contributed by atoms with E-state index in [1.807, 2.05) is 12.3 Å². The number of nitrogens with zero attached hydrogens (tertiary/aromatic N) is 2. The highest BCUT2D eigenvalue weighted by Gasteiger charge is 2.48. The summed E-state index contributed by atoms with van der Waals surface area (Å²) < 4.78 is 17.6. The van der Waals surface area contributed by atoms with Gasteiger partial charge in [0.05, 0.1) is 24.5 Å². The van der Waals surface area contributed by atoms with Crippen molar-refractivity contribution in [1.82, 2.24) is 10.3 Å². The zero-order chi connectivity index (χ0) is 23.4. The summed E-state index contributed by atoms with van der Waals surface area (Å²) in [6.45, 7) is 4.43. The number of para-hydroxylation sites is 1. The van der Waals surface area contributed by atoms with E-state index in [1.54, 1.807) is 14.2 Å². The first-order valence-electron chi connectivity index (χ1n) is 12.9. The average Bonchev–Trinajstić information content (AvgIpc) is 3.29. The molecule has 3 heterocycles. The van der Waals surface area contributed by atoms with Crippen molar-refractivity contribution < 1.29 is 14.2 Å². The van der Waals surface area contributed by atoms with E-state index in [4.69, 9.17) is 19.2 Å². The number of anilines is 1. The molecule has 2 aromatic rings. The molecule has 184 valence electrons. The van der Waals surface area contributed by atoms with Crippen LogP contribution in [-0.4, -0.2) is 57.1 Å². The second-order valence-corrected chi connectivity index (χ2v) is 10.3. The van der Waals surface area contributed by atoms with E-state index in [0.29, 0.717) is 6.10 Å². The Morgan fingerprint density at radius 2 is 1.94 bits per heavy atom. The number of nitrogens with one attached hydrogen (secondary N) is 1. The van der Waals surface area contributed by atoms with Crippen LogP contribution in [0.4, 0.5) is 5.69 Å². The molecule has 2 saturated heterocycles. The molecule has 0 radical (unpaired) electrons. The van der Waals surface area contributed by atoms with Gasteiger partial charge in [0.1, 0.15) is 5.75 Å². The largest absolute Gasteiger partial charge is 0.495 e. The van der Waals surface area contributed by atoms with E-state index in [0.717, 1.165) is 57.8 Å². The smallest absolute Gasteiger partial charge is 0.142 e. The van der Waals surface area contributed by atoms with Gasteiger partial charge in [0.15, 0.2) is 0 Å². The fourth-order valence-corrected chi connectivity index (χ4v) is 6.35. The van der Waals surface area contributed by atoms with Crippen molar-refractivity contribution in [2.45, 2.75) is 68.6 Å². The second kappa shape index (κ2) is 10.2. The van der Waals surface area contributed by atoms with Gasteiger partial charge in [-0.25, -0.2) is 0 Å². The van der Waals surface area contributed by atoms with Crippen LogP contribution in [0, 0.1) is 0 Å².